The number of aliphatic carboxylic acids is 1. The number of carboxylic acids is 1. The zero-order valence-electron chi connectivity index (χ0n) is 10.9. The summed E-state index contributed by atoms with van der Waals surface area (Å²) in [6.45, 7) is 3.75. The van der Waals surface area contributed by atoms with Gasteiger partial charge in [-0.3, -0.25) is 4.79 Å². The summed E-state index contributed by atoms with van der Waals surface area (Å²) in [4.78, 5) is 11.5. The molecule has 1 aromatic rings. The van der Waals surface area contributed by atoms with Crippen molar-refractivity contribution in [2.24, 2.45) is 0 Å². The zero-order chi connectivity index (χ0) is 13.5. The zero-order valence-corrected chi connectivity index (χ0v) is 10.9. The van der Waals surface area contributed by atoms with Crippen LogP contribution in [-0.2, 0) is 10.2 Å². The van der Waals surface area contributed by atoms with E-state index in [0.717, 1.165) is 17.5 Å². The van der Waals surface area contributed by atoms with Crippen LogP contribution in [0.4, 0.5) is 0 Å². The first-order valence-electron chi connectivity index (χ1n) is 6.05. The molecule has 98 valence electrons. The van der Waals surface area contributed by atoms with Gasteiger partial charge in [0.1, 0.15) is 0 Å². The van der Waals surface area contributed by atoms with Gasteiger partial charge < -0.3 is 14.9 Å². The Labute approximate surface area is 106 Å². The summed E-state index contributed by atoms with van der Waals surface area (Å²) < 4.78 is 5.20. The minimum absolute atomic E-state index is 0.0253. The average Bonchev–Trinajstić information content (AvgIpc) is 2.24. The summed E-state index contributed by atoms with van der Waals surface area (Å²) in [5.74, 6) is -0.505. The number of ether oxygens (including phenoxy) is 1. The second-order valence-electron chi connectivity index (χ2n) is 4.99. The van der Waals surface area contributed by atoms with Crippen LogP contribution in [0.5, 0.6) is 11.5 Å². The maximum absolute atomic E-state index is 11.5. The quantitative estimate of drug-likeness (QED) is 0.865. The first kappa shape index (κ1) is 12.7. The predicted molar refractivity (Wildman–Crippen MR) is 67.3 cm³/mol. The van der Waals surface area contributed by atoms with E-state index in [-0.39, 0.29) is 5.75 Å². The van der Waals surface area contributed by atoms with Crippen molar-refractivity contribution in [1.82, 2.24) is 0 Å². The topological polar surface area (TPSA) is 66.8 Å². The second kappa shape index (κ2) is 4.19. The molecule has 0 amide bonds. The number of carbonyl (C=O) groups is 1. The van der Waals surface area contributed by atoms with Crippen molar-refractivity contribution in [2.45, 2.75) is 38.5 Å². The highest BCUT2D eigenvalue weighted by atomic mass is 16.5. The molecule has 0 radical (unpaired) electrons. The summed E-state index contributed by atoms with van der Waals surface area (Å²) in [5.41, 5.74) is 1.34. The van der Waals surface area contributed by atoms with Crippen LogP contribution in [0.2, 0.25) is 0 Å². The van der Waals surface area contributed by atoms with Gasteiger partial charge in [-0.15, -0.1) is 0 Å². The van der Waals surface area contributed by atoms with Crippen molar-refractivity contribution < 1.29 is 19.7 Å². The summed E-state index contributed by atoms with van der Waals surface area (Å²) >= 11 is 0. The molecule has 0 atom stereocenters. The third-order valence-corrected chi connectivity index (χ3v) is 4.10. The number of benzene rings is 1. The smallest absolute Gasteiger partial charge is 0.314 e. The molecule has 4 nitrogen and oxygen atoms in total. The van der Waals surface area contributed by atoms with Crippen LogP contribution in [0.3, 0.4) is 0 Å². The van der Waals surface area contributed by atoms with Crippen molar-refractivity contribution >= 4 is 5.97 Å². The molecule has 0 saturated heterocycles. The van der Waals surface area contributed by atoms with Crippen LogP contribution < -0.4 is 4.74 Å². The molecule has 0 spiro atoms. The van der Waals surface area contributed by atoms with Crippen LogP contribution in [-0.4, -0.2) is 23.3 Å². The number of hydrogen-bond donors (Lipinski definition) is 2. The number of phenolic OH excluding ortho intramolecular Hbond substituents is 1. The number of aryl methyl sites for hydroxylation is 1. The third-order valence-electron chi connectivity index (χ3n) is 4.10. The van der Waals surface area contributed by atoms with Crippen LogP contribution in [0.25, 0.3) is 0 Å². The van der Waals surface area contributed by atoms with E-state index in [0.29, 0.717) is 24.2 Å². The van der Waals surface area contributed by atoms with Gasteiger partial charge in [0.15, 0.2) is 11.5 Å². The molecule has 0 aromatic heterocycles. The van der Waals surface area contributed by atoms with Gasteiger partial charge in [0, 0.05) is 5.56 Å². The molecule has 0 unspecified atom stereocenters. The van der Waals surface area contributed by atoms with Crippen molar-refractivity contribution in [3.63, 3.8) is 0 Å². The lowest BCUT2D eigenvalue weighted by atomic mass is 9.64. The Hall–Kier alpha value is -1.71. The predicted octanol–water partition coefficient (Wildman–Crippen LogP) is 2.52. The lowest BCUT2D eigenvalue weighted by Gasteiger charge is -2.39. The van der Waals surface area contributed by atoms with Gasteiger partial charge in [-0.2, -0.15) is 0 Å². The number of rotatable bonds is 3. The molecule has 1 aromatic carbocycles. The van der Waals surface area contributed by atoms with Crippen LogP contribution >= 0.6 is 0 Å². The molecule has 18 heavy (non-hydrogen) atoms. The Morgan fingerprint density at radius 2 is 2.00 bits per heavy atom. The van der Waals surface area contributed by atoms with Crippen molar-refractivity contribution in [1.29, 1.82) is 0 Å². The molecule has 1 fully saturated rings. The van der Waals surface area contributed by atoms with Crippen molar-refractivity contribution in [2.75, 3.05) is 7.11 Å². The van der Waals surface area contributed by atoms with E-state index in [1.165, 1.54) is 7.11 Å². The molecule has 1 aliphatic carbocycles. The fourth-order valence-electron chi connectivity index (χ4n) is 2.62. The van der Waals surface area contributed by atoms with Gasteiger partial charge in [0.05, 0.1) is 12.5 Å². The van der Waals surface area contributed by atoms with Gasteiger partial charge in [-0.25, -0.2) is 0 Å². The first-order valence-corrected chi connectivity index (χ1v) is 6.05. The summed E-state index contributed by atoms with van der Waals surface area (Å²) in [7, 11) is 1.49. The maximum atomic E-state index is 11.5. The molecule has 0 heterocycles. The molecule has 2 N–H and O–H groups in total. The van der Waals surface area contributed by atoms with Crippen molar-refractivity contribution in [3.05, 3.63) is 22.8 Å². The Morgan fingerprint density at radius 3 is 2.39 bits per heavy atom. The van der Waals surface area contributed by atoms with E-state index in [1.807, 2.05) is 13.8 Å². The van der Waals surface area contributed by atoms with E-state index in [4.69, 9.17) is 4.74 Å². The lowest BCUT2D eigenvalue weighted by molar-refractivity contribution is -0.147. The van der Waals surface area contributed by atoms with Crippen LogP contribution in [0, 0.1) is 13.8 Å². The Morgan fingerprint density at radius 1 is 1.39 bits per heavy atom. The molecule has 2 rings (SSSR count). The summed E-state index contributed by atoms with van der Waals surface area (Å²) in [6, 6.07) is 1.78. The van der Waals surface area contributed by atoms with Gasteiger partial charge in [0.2, 0.25) is 0 Å². The van der Waals surface area contributed by atoms with Gasteiger partial charge >= 0.3 is 5.97 Å². The monoisotopic (exact) mass is 250 g/mol. The highest BCUT2D eigenvalue weighted by molar-refractivity contribution is 5.84. The van der Waals surface area contributed by atoms with Gasteiger partial charge in [-0.1, -0.05) is 12.5 Å². The molecule has 1 saturated carbocycles. The number of carboxylic acid groups (broad SMARTS) is 1. The fourth-order valence-corrected chi connectivity index (χ4v) is 2.62. The largest absolute Gasteiger partial charge is 0.504 e. The molecule has 4 heteroatoms. The van der Waals surface area contributed by atoms with E-state index in [2.05, 4.69) is 0 Å². The second-order valence-corrected chi connectivity index (χ2v) is 4.99. The molecule has 0 bridgehead atoms. The number of aromatic hydroxyl groups is 1. The normalized spacial score (nSPS) is 17.1. The van der Waals surface area contributed by atoms with E-state index in [9.17, 15) is 15.0 Å². The lowest BCUT2D eigenvalue weighted by Crippen LogP contribution is -2.42. The fraction of sp³-hybridized carbons (Fsp3) is 0.500. The van der Waals surface area contributed by atoms with E-state index >= 15 is 0 Å². The SMILES string of the molecule is COc1c(C)c(C)cc(C2(C(=O)O)CCC2)c1O. The Balaban J connectivity index is 2.65. The molecule has 0 aliphatic heterocycles. The van der Waals surface area contributed by atoms with E-state index < -0.39 is 11.4 Å². The number of hydrogen-bond acceptors (Lipinski definition) is 3. The highest BCUT2D eigenvalue weighted by Gasteiger charge is 2.48. The Bertz CT molecular complexity index is 501. The highest BCUT2D eigenvalue weighted by Crippen LogP contribution is 2.50. The molecule has 1 aliphatic rings. The average molecular weight is 250 g/mol. The number of phenols is 1. The van der Waals surface area contributed by atoms with Crippen LogP contribution in [0.15, 0.2) is 6.07 Å². The minimum Gasteiger partial charge on any atom is -0.504 e. The standard InChI is InChI=1S/C14H18O4/c1-8-7-10(11(15)12(18-3)9(8)2)14(13(16)17)5-4-6-14/h7,15H,4-6H2,1-3H3,(H,16,17). The summed E-state index contributed by atoms with van der Waals surface area (Å²) in [5, 5.41) is 19.7. The molecular weight excluding hydrogens is 232 g/mol. The van der Waals surface area contributed by atoms with Gasteiger partial charge in [0.25, 0.3) is 0 Å². The van der Waals surface area contributed by atoms with Crippen molar-refractivity contribution in [3.8, 4) is 11.5 Å². The first-order chi connectivity index (χ1) is 8.44. The Kier molecular flexibility index (Phi) is 2.97. The third kappa shape index (κ3) is 1.55. The minimum atomic E-state index is -0.935. The number of methoxy groups -OCH3 is 1. The van der Waals surface area contributed by atoms with Crippen LogP contribution in [0.1, 0.15) is 36.0 Å². The molecular formula is C14H18O4. The van der Waals surface area contributed by atoms with E-state index in [1.54, 1.807) is 6.07 Å². The van der Waals surface area contributed by atoms with Gasteiger partial charge in [-0.05, 0) is 37.8 Å². The maximum Gasteiger partial charge on any atom is 0.314 e. The summed E-state index contributed by atoms with van der Waals surface area (Å²) in [6.07, 6.45) is 2.02.